The highest BCUT2D eigenvalue weighted by molar-refractivity contribution is 5.79. The molecular formula is C23H27F2N3O. The Bertz CT molecular complexity index is 841. The quantitative estimate of drug-likeness (QED) is 0.791. The summed E-state index contributed by atoms with van der Waals surface area (Å²) in [5.74, 6) is -1.14. The Labute approximate surface area is 170 Å². The topological polar surface area (TPSA) is 45.2 Å². The summed E-state index contributed by atoms with van der Waals surface area (Å²) in [5, 5.41) is 3.27. The summed E-state index contributed by atoms with van der Waals surface area (Å²) >= 11 is 0. The fourth-order valence-corrected chi connectivity index (χ4v) is 4.34. The van der Waals surface area contributed by atoms with Crippen molar-refractivity contribution in [3.8, 4) is 0 Å². The van der Waals surface area contributed by atoms with Crippen molar-refractivity contribution < 1.29 is 13.6 Å². The van der Waals surface area contributed by atoms with Crippen LogP contribution in [0.25, 0.3) is 0 Å². The highest BCUT2D eigenvalue weighted by Crippen LogP contribution is 2.32. The number of piperidine rings is 1. The fourth-order valence-electron chi connectivity index (χ4n) is 4.34. The number of benzene rings is 1. The molecule has 2 fully saturated rings. The number of hydrogen-bond acceptors (Lipinski definition) is 3. The summed E-state index contributed by atoms with van der Waals surface area (Å²) in [4.78, 5) is 19.4. The van der Waals surface area contributed by atoms with Gasteiger partial charge in [0.05, 0.1) is 11.7 Å². The van der Waals surface area contributed by atoms with Crippen LogP contribution in [0.2, 0.25) is 0 Å². The maximum atomic E-state index is 13.6. The normalized spacial score (nSPS) is 21.4. The number of pyridine rings is 1. The van der Waals surface area contributed by atoms with Gasteiger partial charge in [-0.15, -0.1) is 0 Å². The minimum absolute atomic E-state index is 0.128. The first-order chi connectivity index (χ1) is 14.1. The van der Waals surface area contributed by atoms with Gasteiger partial charge in [-0.1, -0.05) is 18.6 Å². The monoisotopic (exact) mass is 399 g/mol. The van der Waals surface area contributed by atoms with Gasteiger partial charge in [-0.2, -0.15) is 0 Å². The van der Waals surface area contributed by atoms with Crippen LogP contribution in [0.4, 0.5) is 8.78 Å². The molecule has 1 aromatic carbocycles. The lowest BCUT2D eigenvalue weighted by Crippen LogP contribution is -2.45. The van der Waals surface area contributed by atoms with Gasteiger partial charge in [0.1, 0.15) is 0 Å². The van der Waals surface area contributed by atoms with Crippen molar-refractivity contribution in [3.05, 3.63) is 65.5 Å². The maximum absolute atomic E-state index is 13.6. The van der Waals surface area contributed by atoms with Gasteiger partial charge in [0.25, 0.3) is 0 Å². The first-order valence-electron chi connectivity index (χ1n) is 10.5. The summed E-state index contributed by atoms with van der Waals surface area (Å²) in [7, 11) is 0. The zero-order valence-corrected chi connectivity index (χ0v) is 16.5. The molecule has 1 amide bonds. The van der Waals surface area contributed by atoms with Gasteiger partial charge in [0, 0.05) is 25.2 Å². The molecule has 1 aromatic heterocycles. The van der Waals surface area contributed by atoms with Crippen LogP contribution >= 0.6 is 0 Å². The molecule has 2 aromatic rings. The fraction of sp³-hybridized carbons (Fsp3) is 0.478. The highest BCUT2D eigenvalue weighted by Gasteiger charge is 2.33. The number of likely N-dealkylation sites (tertiary alicyclic amines) is 1. The Morgan fingerprint density at radius 3 is 2.69 bits per heavy atom. The largest absolute Gasteiger partial charge is 0.347 e. The summed E-state index contributed by atoms with van der Waals surface area (Å²) < 4.78 is 26.8. The summed E-state index contributed by atoms with van der Waals surface area (Å²) in [5.41, 5.74) is 1.65. The van der Waals surface area contributed by atoms with E-state index in [2.05, 4.69) is 15.2 Å². The third kappa shape index (κ3) is 4.81. The third-order valence-corrected chi connectivity index (χ3v) is 6.18. The SMILES string of the molecule is O=C(N[C@H](c1ccccn1)[C@H]1CCCN(Cc2ccc(F)c(F)c2)C1)C1CCC1. The second-order valence-corrected chi connectivity index (χ2v) is 8.25. The van der Waals surface area contributed by atoms with Gasteiger partial charge in [0.15, 0.2) is 11.6 Å². The Morgan fingerprint density at radius 1 is 1.14 bits per heavy atom. The van der Waals surface area contributed by atoms with Crippen LogP contribution in [0.5, 0.6) is 0 Å². The van der Waals surface area contributed by atoms with E-state index in [1.807, 2.05) is 18.2 Å². The first-order valence-corrected chi connectivity index (χ1v) is 10.5. The van der Waals surface area contributed by atoms with Crippen molar-refractivity contribution in [1.82, 2.24) is 15.2 Å². The molecule has 4 nitrogen and oxygen atoms in total. The molecule has 4 rings (SSSR count). The molecule has 6 heteroatoms. The number of halogens is 2. The van der Waals surface area contributed by atoms with Gasteiger partial charge >= 0.3 is 0 Å². The van der Waals surface area contributed by atoms with Crippen molar-refractivity contribution in [2.24, 2.45) is 11.8 Å². The number of aromatic nitrogens is 1. The van der Waals surface area contributed by atoms with Gasteiger partial charge in [-0.05, 0) is 68.0 Å². The van der Waals surface area contributed by atoms with Crippen LogP contribution in [0.1, 0.15) is 49.4 Å². The van der Waals surface area contributed by atoms with E-state index >= 15 is 0 Å². The van der Waals surface area contributed by atoms with Crippen molar-refractivity contribution in [1.29, 1.82) is 0 Å². The summed E-state index contributed by atoms with van der Waals surface area (Å²) in [6.45, 7) is 2.26. The van der Waals surface area contributed by atoms with Gasteiger partial charge < -0.3 is 5.32 Å². The predicted molar refractivity (Wildman–Crippen MR) is 107 cm³/mol. The average Bonchev–Trinajstić information content (AvgIpc) is 2.68. The molecule has 0 radical (unpaired) electrons. The number of carbonyl (C=O) groups excluding carboxylic acids is 1. The van der Waals surface area contributed by atoms with Crippen LogP contribution in [-0.2, 0) is 11.3 Å². The summed E-state index contributed by atoms with van der Waals surface area (Å²) in [6, 6.07) is 9.76. The number of rotatable bonds is 6. The van der Waals surface area contributed by atoms with Crippen molar-refractivity contribution in [2.75, 3.05) is 13.1 Å². The second kappa shape index (κ2) is 8.99. The van der Waals surface area contributed by atoms with E-state index in [1.165, 1.54) is 12.1 Å². The van der Waals surface area contributed by atoms with Crippen molar-refractivity contribution in [2.45, 2.75) is 44.7 Å². The van der Waals surface area contributed by atoms with Crippen molar-refractivity contribution >= 4 is 5.91 Å². The zero-order valence-electron chi connectivity index (χ0n) is 16.5. The molecule has 1 saturated heterocycles. The Kier molecular flexibility index (Phi) is 6.19. The Balaban J connectivity index is 1.47. The van der Waals surface area contributed by atoms with E-state index in [9.17, 15) is 13.6 Å². The number of carbonyl (C=O) groups is 1. The van der Waals surface area contributed by atoms with Crippen LogP contribution in [0, 0.1) is 23.5 Å². The van der Waals surface area contributed by atoms with Gasteiger partial charge in [0.2, 0.25) is 5.91 Å². The van der Waals surface area contributed by atoms with E-state index in [0.717, 1.165) is 56.5 Å². The predicted octanol–water partition coefficient (Wildman–Crippen LogP) is 4.23. The summed E-state index contributed by atoms with van der Waals surface area (Å²) in [6.07, 6.45) is 6.82. The molecule has 2 atom stereocenters. The second-order valence-electron chi connectivity index (χ2n) is 8.25. The molecule has 154 valence electrons. The van der Waals surface area contributed by atoms with E-state index in [4.69, 9.17) is 0 Å². The van der Waals surface area contributed by atoms with Crippen LogP contribution < -0.4 is 5.32 Å². The minimum atomic E-state index is -0.820. The molecule has 1 aliphatic carbocycles. The molecule has 29 heavy (non-hydrogen) atoms. The van der Waals surface area contributed by atoms with E-state index in [-0.39, 0.29) is 23.8 Å². The molecule has 2 heterocycles. The maximum Gasteiger partial charge on any atom is 0.223 e. The third-order valence-electron chi connectivity index (χ3n) is 6.18. The van der Waals surface area contributed by atoms with Crippen LogP contribution in [0.3, 0.4) is 0 Å². The molecule has 2 aliphatic rings. The van der Waals surface area contributed by atoms with Crippen LogP contribution in [0.15, 0.2) is 42.6 Å². The number of nitrogens with one attached hydrogen (secondary N) is 1. The smallest absolute Gasteiger partial charge is 0.223 e. The lowest BCUT2D eigenvalue weighted by atomic mass is 9.83. The number of amides is 1. The zero-order chi connectivity index (χ0) is 20.2. The van der Waals surface area contributed by atoms with E-state index < -0.39 is 11.6 Å². The molecule has 1 N–H and O–H groups in total. The Hall–Kier alpha value is -2.34. The minimum Gasteiger partial charge on any atom is -0.347 e. The lowest BCUT2D eigenvalue weighted by molar-refractivity contribution is -0.128. The molecule has 0 unspecified atom stereocenters. The van der Waals surface area contributed by atoms with Crippen LogP contribution in [-0.4, -0.2) is 28.9 Å². The standard InChI is InChI=1S/C23H27F2N3O/c24-19-10-9-16(13-20(19)25)14-28-12-4-7-18(15-28)22(21-8-1-2-11-26-21)27-23(29)17-5-3-6-17/h1-2,8-11,13,17-18,22H,3-7,12,14-15H2,(H,27,29)/t18-,22-/m0/s1. The molecule has 0 spiro atoms. The molecular weight excluding hydrogens is 372 g/mol. The molecule has 1 aliphatic heterocycles. The average molecular weight is 399 g/mol. The number of nitrogens with zero attached hydrogens (tertiary/aromatic N) is 2. The highest BCUT2D eigenvalue weighted by atomic mass is 19.2. The van der Waals surface area contributed by atoms with Gasteiger partial charge in [-0.25, -0.2) is 8.78 Å². The van der Waals surface area contributed by atoms with E-state index in [1.54, 1.807) is 12.3 Å². The molecule has 0 bridgehead atoms. The number of hydrogen-bond donors (Lipinski definition) is 1. The van der Waals surface area contributed by atoms with Crippen molar-refractivity contribution in [3.63, 3.8) is 0 Å². The molecule has 1 saturated carbocycles. The Morgan fingerprint density at radius 2 is 2.00 bits per heavy atom. The lowest BCUT2D eigenvalue weighted by Gasteiger charge is -2.38. The first kappa shape index (κ1) is 20.0. The van der Waals surface area contributed by atoms with Gasteiger partial charge in [-0.3, -0.25) is 14.7 Å². The van der Waals surface area contributed by atoms with E-state index in [0.29, 0.717) is 6.54 Å².